The molecule has 9 nitrogen and oxygen atoms in total. The lowest BCUT2D eigenvalue weighted by Crippen LogP contribution is -2.42. The van der Waals surface area contributed by atoms with E-state index in [1.54, 1.807) is 0 Å². The Morgan fingerprint density at radius 1 is 1.25 bits per heavy atom. The summed E-state index contributed by atoms with van der Waals surface area (Å²) < 4.78 is 26.7. The smallest absolute Gasteiger partial charge is 0.321 e. The van der Waals surface area contributed by atoms with Crippen LogP contribution in [0.15, 0.2) is 41.3 Å². The molecule has 0 bridgehead atoms. The minimum atomic E-state index is -4.55. The van der Waals surface area contributed by atoms with Gasteiger partial charge in [-0.3, -0.25) is 14.9 Å². The molecule has 0 saturated heterocycles. The number of nitro groups is 1. The Bertz CT molecular complexity index is 1030. The molecule has 2 aromatic rings. The minimum absolute atomic E-state index is 0.0698. The fourth-order valence-corrected chi connectivity index (χ4v) is 4.64. The number of nitro benzene ring substituents is 1. The number of sulfonamides is 1. The molecular formula is C16H14Cl2N2O7S. The highest BCUT2D eigenvalue weighted by atomic mass is 35.5. The second-order valence-corrected chi connectivity index (χ2v) is 8.42. The third kappa shape index (κ3) is 4.53. The lowest BCUT2D eigenvalue weighted by Gasteiger charge is -2.26. The molecule has 28 heavy (non-hydrogen) atoms. The molecule has 0 aliphatic rings. The van der Waals surface area contributed by atoms with Gasteiger partial charge in [0.1, 0.15) is 10.9 Å². The highest BCUT2D eigenvalue weighted by Gasteiger charge is 2.35. The number of carboxylic acid groups (broad SMARTS) is 1. The van der Waals surface area contributed by atoms with Crippen LogP contribution in [0.1, 0.15) is 12.5 Å². The number of aromatic hydroxyl groups is 1. The molecule has 0 radical (unpaired) electrons. The number of hydrogen-bond acceptors (Lipinski definition) is 6. The maximum Gasteiger partial charge on any atom is 0.321 e. The van der Waals surface area contributed by atoms with E-state index in [9.17, 15) is 33.5 Å². The zero-order chi connectivity index (χ0) is 21.2. The first-order valence-corrected chi connectivity index (χ1v) is 9.80. The van der Waals surface area contributed by atoms with E-state index in [1.807, 2.05) is 0 Å². The molecule has 0 aliphatic carbocycles. The number of benzene rings is 2. The van der Waals surface area contributed by atoms with Crippen molar-refractivity contribution in [3.8, 4) is 5.75 Å². The summed E-state index contributed by atoms with van der Waals surface area (Å²) in [6.45, 7) is 0.728. The molecule has 2 aromatic carbocycles. The number of hydrogen-bond donors (Lipinski definition) is 2. The van der Waals surface area contributed by atoms with Crippen molar-refractivity contribution in [2.24, 2.45) is 0 Å². The highest BCUT2D eigenvalue weighted by Crippen LogP contribution is 2.36. The molecule has 2 N–H and O–H groups in total. The monoisotopic (exact) mass is 448 g/mol. The van der Waals surface area contributed by atoms with Crippen molar-refractivity contribution < 1.29 is 28.3 Å². The number of nitrogens with zero attached hydrogens (tertiary/aromatic N) is 2. The topological polar surface area (TPSA) is 138 Å². The summed E-state index contributed by atoms with van der Waals surface area (Å²) in [5.41, 5.74) is 0.0959. The van der Waals surface area contributed by atoms with E-state index in [-0.39, 0.29) is 15.7 Å². The van der Waals surface area contributed by atoms with Crippen LogP contribution in [0.3, 0.4) is 0 Å². The first-order valence-electron chi connectivity index (χ1n) is 7.61. The quantitative estimate of drug-likeness (QED) is 0.489. The van der Waals surface area contributed by atoms with Crippen LogP contribution in [-0.2, 0) is 21.4 Å². The summed E-state index contributed by atoms with van der Waals surface area (Å²) in [6, 6.07) is 5.52. The van der Waals surface area contributed by atoms with Gasteiger partial charge < -0.3 is 10.2 Å². The maximum absolute atomic E-state index is 13.1. The van der Waals surface area contributed by atoms with E-state index in [2.05, 4.69) is 0 Å². The number of rotatable bonds is 7. The molecule has 0 heterocycles. The van der Waals surface area contributed by atoms with Crippen molar-refractivity contribution in [2.45, 2.75) is 24.4 Å². The van der Waals surface area contributed by atoms with E-state index in [0.29, 0.717) is 9.87 Å². The van der Waals surface area contributed by atoms with Crippen LogP contribution in [0, 0.1) is 10.1 Å². The van der Waals surface area contributed by atoms with Crippen molar-refractivity contribution >= 4 is 44.9 Å². The lowest BCUT2D eigenvalue weighted by molar-refractivity contribution is -0.384. The summed E-state index contributed by atoms with van der Waals surface area (Å²) in [5, 5.41) is 29.8. The maximum atomic E-state index is 13.1. The molecule has 0 aliphatic heterocycles. The van der Waals surface area contributed by atoms with Crippen molar-refractivity contribution in [1.82, 2.24) is 4.31 Å². The third-order valence-corrected chi connectivity index (χ3v) is 6.29. The fraction of sp³-hybridized carbons (Fsp3) is 0.188. The molecular weight excluding hydrogens is 435 g/mol. The Hall–Kier alpha value is -2.40. The summed E-state index contributed by atoms with van der Waals surface area (Å²) in [7, 11) is -4.55. The molecule has 0 unspecified atom stereocenters. The number of phenolic OH excluding ortho intramolecular Hbond substituents is 1. The van der Waals surface area contributed by atoms with Gasteiger partial charge in [0.2, 0.25) is 10.0 Å². The average Bonchev–Trinajstić information content (AvgIpc) is 2.62. The third-order valence-electron chi connectivity index (χ3n) is 3.85. The van der Waals surface area contributed by atoms with E-state index in [0.717, 1.165) is 19.1 Å². The van der Waals surface area contributed by atoms with Crippen molar-refractivity contribution in [2.75, 3.05) is 0 Å². The number of halogens is 2. The van der Waals surface area contributed by atoms with Gasteiger partial charge in [0.15, 0.2) is 5.75 Å². The second-order valence-electron chi connectivity index (χ2n) is 5.72. The van der Waals surface area contributed by atoms with E-state index < -0.39 is 44.1 Å². The van der Waals surface area contributed by atoms with Gasteiger partial charge in [0.25, 0.3) is 5.69 Å². The minimum Gasteiger partial charge on any atom is -0.505 e. The van der Waals surface area contributed by atoms with Crippen molar-refractivity contribution in [3.63, 3.8) is 0 Å². The predicted molar refractivity (Wildman–Crippen MR) is 101 cm³/mol. The SMILES string of the molecule is C[C@@H](C(=O)O)N(Cc1ccc([N+](=O)[O-])cc1)S(=O)(=O)c1cc(Cl)cc(Cl)c1O. The number of phenols is 1. The van der Waals surface area contributed by atoms with Crippen molar-refractivity contribution in [1.29, 1.82) is 0 Å². The molecule has 0 amide bonds. The average molecular weight is 449 g/mol. The highest BCUT2D eigenvalue weighted by molar-refractivity contribution is 7.89. The van der Waals surface area contributed by atoms with Gasteiger partial charge in [-0.2, -0.15) is 4.31 Å². The Labute approximate surface area is 169 Å². The summed E-state index contributed by atoms with van der Waals surface area (Å²) in [6.07, 6.45) is 0. The van der Waals surface area contributed by atoms with Crippen molar-refractivity contribution in [3.05, 3.63) is 62.1 Å². The first kappa shape index (κ1) is 21.9. The molecule has 0 fully saturated rings. The van der Waals surface area contributed by atoms with Gasteiger partial charge in [0, 0.05) is 23.7 Å². The summed E-state index contributed by atoms with van der Waals surface area (Å²) in [4.78, 5) is 20.9. The molecule has 0 spiro atoms. The van der Waals surface area contributed by atoms with Gasteiger partial charge >= 0.3 is 5.97 Å². The number of carboxylic acids is 1. The molecule has 0 aromatic heterocycles. The van der Waals surface area contributed by atoms with Gasteiger partial charge in [0.05, 0.1) is 9.95 Å². The summed E-state index contributed by atoms with van der Waals surface area (Å²) >= 11 is 11.6. The largest absolute Gasteiger partial charge is 0.505 e. The second kappa shape index (κ2) is 8.31. The van der Waals surface area contributed by atoms with Gasteiger partial charge in [-0.05, 0) is 24.6 Å². The van der Waals surface area contributed by atoms with Crippen LogP contribution < -0.4 is 0 Å². The van der Waals surface area contributed by atoms with E-state index in [1.165, 1.54) is 24.3 Å². The van der Waals surface area contributed by atoms with Gasteiger partial charge in [-0.25, -0.2) is 8.42 Å². The fourth-order valence-electron chi connectivity index (χ4n) is 2.32. The molecule has 150 valence electrons. The Kier molecular flexibility index (Phi) is 6.50. The predicted octanol–water partition coefficient (Wildman–Crippen LogP) is 3.27. The lowest BCUT2D eigenvalue weighted by atomic mass is 10.2. The molecule has 12 heteroatoms. The first-order chi connectivity index (χ1) is 12.9. The number of non-ortho nitro benzene ring substituents is 1. The van der Waals surface area contributed by atoms with Crippen LogP contribution in [0.25, 0.3) is 0 Å². The van der Waals surface area contributed by atoms with E-state index in [4.69, 9.17) is 23.2 Å². The molecule has 0 saturated carbocycles. The van der Waals surface area contributed by atoms with Crippen LogP contribution in [0.4, 0.5) is 5.69 Å². The Morgan fingerprint density at radius 2 is 1.82 bits per heavy atom. The normalized spacial score (nSPS) is 12.7. The molecule has 2 rings (SSSR count). The van der Waals surface area contributed by atoms with Crippen LogP contribution in [0.2, 0.25) is 10.0 Å². The number of carbonyl (C=O) groups is 1. The van der Waals surface area contributed by atoms with Gasteiger partial charge in [-0.15, -0.1) is 0 Å². The van der Waals surface area contributed by atoms with Crippen LogP contribution in [-0.4, -0.2) is 39.9 Å². The summed E-state index contributed by atoms with van der Waals surface area (Å²) in [5.74, 6) is -2.20. The number of aliphatic carboxylic acids is 1. The Balaban J connectivity index is 2.54. The van der Waals surface area contributed by atoms with E-state index >= 15 is 0 Å². The Morgan fingerprint density at radius 3 is 2.32 bits per heavy atom. The zero-order valence-corrected chi connectivity index (χ0v) is 16.6. The van der Waals surface area contributed by atoms with Crippen LogP contribution >= 0.6 is 23.2 Å². The zero-order valence-electron chi connectivity index (χ0n) is 14.2. The van der Waals surface area contributed by atoms with Crippen LogP contribution in [0.5, 0.6) is 5.75 Å². The molecule has 1 atom stereocenters. The van der Waals surface area contributed by atoms with Gasteiger partial charge in [-0.1, -0.05) is 35.3 Å². The standard InChI is InChI=1S/C16H14Cl2N2O7S/c1-9(16(22)23)19(8-10-2-4-12(5-3-10)20(24)25)28(26,27)14-7-11(17)6-13(18)15(14)21/h2-7,9,21H,8H2,1H3,(H,22,23)/t9-/m0/s1.